The van der Waals surface area contributed by atoms with Crippen molar-refractivity contribution in [3.05, 3.63) is 114 Å². The minimum Gasteiger partial charge on any atom is -0.456 e. The van der Waals surface area contributed by atoms with Gasteiger partial charge >= 0.3 is 0 Å². The number of rotatable bonds is 2. The highest BCUT2D eigenvalue weighted by molar-refractivity contribution is 6.07. The molecule has 3 heteroatoms. The number of hydrogen-bond donors (Lipinski definition) is 0. The fraction of sp³-hybridized carbons (Fsp3) is 0.111. The summed E-state index contributed by atoms with van der Waals surface area (Å²) in [6.45, 7) is 2.29. The van der Waals surface area contributed by atoms with Gasteiger partial charge in [0, 0.05) is 38.5 Å². The number of nitrogens with zero attached hydrogens (tertiary/aromatic N) is 1. The molecular formula is C36H25NO2. The van der Waals surface area contributed by atoms with Gasteiger partial charge in [-0.1, -0.05) is 49.4 Å². The maximum atomic E-state index is 6.30. The second-order valence-corrected chi connectivity index (χ2v) is 11.0. The molecule has 1 unspecified atom stereocenters. The van der Waals surface area contributed by atoms with Gasteiger partial charge in [-0.05, 0) is 96.1 Å². The fourth-order valence-corrected chi connectivity index (χ4v) is 6.70. The summed E-state index contributed by atoms with van der Waals surface area (Å²) in [6.07, 6.45) is 10.9. The molecule has 0 N–H and O–H groups in total. The lowest BCUT2D eigenvalue weighted by Crippen LogP contribution is -2.05. The first-order valence-corrected chi connectivity index (χ1v) is 13.7. The fourth-order valence-electron chi connectivity index (χ4n) is 6.70. The molecule has 4 aromatic carbocycles. The van der Waals surface area contributed by atoms with Crippen LogP contribution in [0.15, 0.2) is 99.8 Å². The van der Waals surface area contributed by atoms with Gasteiger partial charge in [0.1, 0.15) is 22.5 Å². The molecule has 3 heterocycles. The SMILES string of the molecule is CC1C=Cc2c(c3ccccc3n2-c2ccc3oc4ccc(-c5ccc6oc7c(c6c5)CC=C7)cc4c3c2)C1. The van der Waals surface area contributed by atoms with Gasteiger partial charge in [0.2, 0.25) is 0 Å². The first-order chi connectivity index (χ1) is 19.2. The summed E-state index contributed by atoms with van der Waals surface area (Å²) in [7, 11) is 0. The lowest BCUT2D eigenvalue weighted by molar-refractivity contribution is 0.603. The van der Waals surface area contributed by atoms with E-state index < -0.39 is 0 Å². The highest BCUT2D eigenvalue weighted by Crippen LogP contribution is 2.39. The number of para-hydroxylation sites is 1. The van der Waals surface area contributed by atoms with Gasteiger partial charge in [-0.2, -0.15) is 0 Å². The molecule has 0 amide bonds. The van der Waals surface area contributed by atoms with Crippen LogP contribution in [0.4, 0.5) is 0 Å². The number of fused-ring (bicyclic) bond motifs is 9. The molecule has 9 rings (SSSR count). The maximum Gasteiger partial charge on any atom is 0.135 e. The van der Waals surface area contributed by atoms with Crippen LogP contribution < -0.4 is 0 Å². The van der Waals surface area contributed by atoms with E-state index in [4.69, 9.17) is 8.83 Å². The molecule has 2 aliphatic carbocycles. The minimum atomic E-state index is 0.550. The quantitative estimate of drug-likeness (QED) is 0.235. The number of furan rings is 2. The zero-order valence-corrected chi connectivity index (χ0v) is 21.6. The summed E-state index contributed by atoms with van der Waals surface area (Å²) < 4.78 is 14.7. The van der Waals surface area contributed by atoms with Crippen molar-refractivity contribution in [2.24, 2.45) is 5.92 Å². The number of allylic oxidation sites excluding steroid dienone is 2. The van der Waals surface area contributed by atoms with Gasteiger partial charge in [0.25, 0.3) is 0 Å². The normalized spacial score (nSPS) is 16.2. The molecule has 0 aliphatic heterocycles. The average Bonchev–Trinajstić information content (AvgIpc) is 3.72. The van der Waals surface area contributed by atoms with Crippen molar-refractivity contribution in [2.75, 3.05) is 0 Å². The van der Waals surface area contributed by atoms with Gasteiger partial charge < -0.3 is 13.4 Å². The van der Waals surface area contributed by atoms with Crippen LogP contribution in [0.1, 0.15) is 29.5 Å². The van der Waals surface area contributed by atoms with E-state index in [-0.39, 0.29) is 0 Å². The van der Waals surface area contributed by atoms with Crippen molar-refractivity contribution >= 4 is 56.0 Å². The minimum absolute atomic E-state index is 0.550. The van der Waals surface area contributed by atoms with Crippen LogP contribution in [0.5, 0.6) is 0 Å². The Bertz CT molecular complexity index is 2200. The predicted octanol–water partition coefficient (Wildman–Crippen LogP) is 9.72. The second-order valence-electron chi connectivity index (χ2n) is 11.0. The molecule has 0 spiro atoms. The van der Waals surface area contributed by atoms with Gasteiger partial charge in [0.05, 0.1) is 5.52 Å². The lowest BCUT2D eigenvalue weighted by Gasteiger charge is -2.15. The molecular weight excluding hydrogens is 478 g/mol. The monoisotopic (exact) mass is 503 g/mol. The van der Waals surface area contributed by atoms with E-state index in [0.29, 0.717) is 5.92 Å². The zero-order valence-electron chi connectivity index (χ0n) is 21.6. The number of hydrogen-bond acceptors (Lipinski definition) is 2. The summed E-state index contributed by atoms with van der Waals surface area (Å²) >= 11 is 0. The van der Waals surface area contributed by atoms with E-state index in [0.717, 1.165) is 51.8 Å². The maximum absolute atomic E-state index is 6.30. The van der Waals surface area contributed by atoms with Crippen LogP contribution in [0.3, 0.4) is 0 Å². The first-order valence-electron chi connectivity index (χ1n) is 13.7. The summed E-state index contributed by atoms with van der Waals surface area (Å²) in [5.41, 5.74) is 11.6. The van der Waals surface area contributed by atoms with Gasteiger partial charge in [-0.3, -0.25) is 0 Å². The third-order valence-corrected chi connectivity index (χ3v) is 8.59. The molecule has 0 fully saturated rings. The Hall–Kier alpha value is -4.76. The number of aromatic nitrogens is 1. The Morgan fingerprint density at radius 2 is 1.44 bits per heavy atom. The molecule has 3 aromatic heterocycles. The average molecular weight is 504 g/mol. The predicted molar refractivity (Wildman–Crippen MR) is 160 cm³/mol. The van der Waals surface area contributed by atoms with Crippen molar-refractivity contribution in [1.29, 1.82) is 0 Å². The Kier molecular flexibility index (Phi) is 4.15. The summed E-state index contributed by atoms with van der Waals surface area (Å²) in [5.74, 6) is 1.55. The molecule has 0 radical (unpaired) electrons. The summed E-state index contributed by atoms with van der Waals surface area (Å²) in [5, 5.41) is 4.83. The van der Waals surface area contributed by atoms with Gasteiger partial charge in [-0.15, -0.1) is 0 Å². The van der Waals surface area contributed by atoms with Crippen LogP contribution in [-0.2, 0) is 12.8 Å². The summed E-state index contributed by atoms with van der Waals surface area (Å²) in [6, 6.07) is 28.4. The molecule has 186 valence electrons. The van der Waals surface area contributed by atoms with Gasteiger partial charge in [0.15, 0.2) is 0 Å². The van der Waals surface area contributed by atoms with E-state index in [1.807, 2.05) is 0 Å². The molecule has 0 saturated heterocycles. The smallest absolute Gasteiger partial charge is 0.135 e. The Labute approximate surface area is 225 Å². The molecule has 2 aliphatic rings. The third kappa shape index (κ3) is 2.99. The molecule has 7 aromatic rings. The number of benzene rings is 4. The van der Waals surface area contributed by atoms with Crippen molar-refractivity contribution in [1.82, 2.24) is 4.57 Å². The van der Waals surface area contributed by atoms with Crippen LogP contribution in [0.25, 0.3) is 72.8 Å². The van der Waals surface area contributed by atoms with E-state index in [9.17, 15) is 0 Å². The standard InChI is InChI=1S/C36H25NO2/c1-21-9-13-32-27(17-21)25-5-2-3-7-31(25)37(32)24-12-16-36-30(20-24)29-19-23(11-15-35(29)39-36)22-10-14-34-28(18-22)26-6-4-8-33(26)38-34/h2-5,7-16,18-21H,6,17H2,1H3. The topological polar surface area (TPSA) is 31.2 Å². The van der Waals surface area contributed by atoms with E-state index in [1.165, 1.54) is 44.2 Å². The Balaban J connectivity index is 1.23. The summed E-state index contributed by atoms with van der Waals surface area (Å²) in [4.78, 5) is 0. The first kappa shape index (κ1) is 21.2. The van der Waals surface area contributed by atoms with Crippen molar-refractivity contribution in [3.8, 4) is 16.8 Å². The van der Waals surface area contributed by atoms with Crippen molar-refractivity contribution in [2.45, 2.75) is 19.8 Å². The Morgan fingerprint density at radius 1 is 0.692 bits per heavy atom. The molecule has 0 bridgehead atoms. The lowest BCUT2D eigenvalue weighted by atomic mass is 9.93. The highest BCUT2D eigenvalue weighted by Gasteiger charge is 2.21. The molecule has 1 atom stereocenters. The van der Waals surface area contributed by atoms with Crippen molar-refractivity contribution < 1.29 is 8.83 Å². The van der Waals surface area contributed by atoms with Crippen LogP contribution >= 0.6 is 0 Å². The molecule has 0 saturated carbocycles. The van der Waals surface area contributed by atoms with Crippen molar-refractivity contribution in [3.63, 3.8) is 0 Å². The van der Waals surface area contributed by atoms with Crippen LogP contribution in [0, 0.1) is 5.92 Å². The molecule has 39 heavy (non-hydrogen) atoms. The largest absolute Gasteiger partial charge is 0.456 e. The Morgan fingerprint density at radius 3 is 2.31 bits per heavy atom. The van der Waals surface area contributed by atoms with Crippen LogP contribution in [0.2, 0.25) is 0 Å². The van der Waals surface area contributed by atoms with E-state index in [1.54, 1.807) is 0 Å². The van der Waals surface area contributed by atoms with E-state index in [2.05, 4.69) is 115 Å². The van der Waals surface area contributed by atoms with Gasteiger partial charge in [-0.25, -0.2) is 0 Å². The second kappa shape index (κ2) is 7.64. The highest BCUT2D eigenvalue weighted by atomic mass is 16.3. The molecule has 3 nitrogen and oxygen atoms in total. The van der Waals surface area contributed by atoms with E-state index >= 15 is 0 Å². The zero-order chi connectivity index (χ0) is 25.7. The third-order valence-electron chi connectivity index (χ3n) is 8.59. The van der Waals surface area contributed by atoms with Crippen LogP contribution in [-0.4, -0.2) is 4.57 Å².